The van der Waals surface area contributed by atoms with Gasteiger partial charge in [-0.25, -0.2) is 4.68 Å². The van der Waals surface area contributed by atoms with Crippen molar-refractivity contribution in [3.05, 3.63) is 41.6 Å². The predicted octanol–water partition coefficient (Wildman–Crippen LogP) is 4.79. The Bertz CT molecular complexity index is 630. The van der Waals surface area contributed by atoms with Crippen molar-refractivity contribution in [2.75, 3.05) is 7.11 Å². The Hall–Kier alpha value is -1.61. The summed E-state index contributed by atoms with van der Waals surface area (Å²) >= 11 is 0. The van der Waals surface area contributed by atoms with Crippen LogP contribution in [0.3, 0.4) is 0 Å². The molecule has 0 fully saturated rings. The van der Waals surface area contributed by atoms with Crippen LogP contribution >= 0.6 is 0 Å². The maximum atomic E-state index is 5.40. The summed E-state index contributed by atoms with van der Waals surface area (Å²) < 4.78 is 7.45. The number of rotatable bonds is 4. The zero-order valence-corrected chi connectivity index (χ0v) is 14.0. The van der Waals surface area contributed by atoms with Crippen molar-refractivity contribution in [1.29, 1.82) is 0 Å². The lowest BCUT2D eigenvalue weighted by Gasteiger charge is -2.29. The van der Waals surface area contributed by atoms with E-state index in [9.17, 15) is 0 Å². The average Bonchev–Trinajstić information content (AvgIpc) is 2.88. The smallest absolute Gasteiger partial charge is 0.139 e. The van der Waals surface area contributed by atoms with Gasteiger partial charge in [0.15, 0.2) is 0 Å². The Balaban J connectivity index is 2.19. The Morgan fingerprint density at radius 3 is 2.59 bits per heavy atom. The molecule has 0 saturated heterocycles. The summed E-state index contributed by atoms with van der Waals surface area (Å²) in [4.78, 5) is 0. The maximum absolute atomic E-state index is 5.40. The van der Waals surface area contributed by atoms with E-state index in [2.05, 4.69) is 55.8 Å². The first-order valence-corrected chi connectivity index (χ1v) is 8.28. The molecule has 0 bridgehead atoms. The first-order valence-electron chi connectivity index (χ1n) is 8.28. The van der Waals surface area contributed by atoms with Gasteiger partial charge in [0, 0.05) is 24.2 Å². The molecule has 3 rings (SSSR count). The van der Waals surface area contributed by atoms with E-state index in [0.29, 0.717) is 24.5 Å². The summed E-state index contributed by atoms with van der Waals surface area (Å²) in [6, 6.07) is 10.6. The van der Waals surface area contributed by atoms with Gasteiger partial charge in [-0.3, -0.25) is 0 Å². The van der Waals surface area contributed by atoms with Crippen molar-refractivity contribution in [2.45, 2.75) is 52.2 Å². The van der Waals surface area contributed by atoms with E-state index in [-0.39, 0.29) is 0 Å². The van der Waals surface area contributed by atoms with Gasteiger partial charge in [-0.15, -0.1) is 0 Å². The number of benzene rings is 1. The number of ether oxygens (including phenoxy) is 1. The monoisotopic (exact) mass is 298 g/mol. The molecule has 0 unspecified atom stereocenters. The standard InChI is InChI=1S/C19H26N2O/c1-13(2)16-11-10-14(3)17-18(16)20-21(12-22-4)19(17)15-8-6-5-7-9-15/h5-9,13-14,16H,10-12H2,1-4H3/t14-,16+/m1/s1. The molecular formula is C19H26N2O. The molecule has 2 atom stereocenters. The topological polar surface area (TPSA) is 27.1 Å². The normalized spacial score (nSPS) is 21.1. The van der Waals surface area contributed by atoms with Crippen molar-refractivity contribution in [2.24, 2.45) is 5.92 Å². The van der Waals surface area contributed by atoms with Gasteiger partial charge in [-0.1, -0.05) is 51.1 Å². The SMILES string of the molecule is COCn1nc2c(c1-c1ccccc1)[C@H](C)CC[C@H]2C(C)C. The molecule has 0 spiro atoms. The van der Waals surface area contributed by atoms with E-state index in [1.807, 2.05) is 0 Å². The number of fused-ring (bicyclic) bond motifs is 1. The van der Waals surface area contributed by atoms with Crippen LogP contribution in [0.2, 0.25) is 0 Å². The highest BCUT2D eigenvalue weighted by molar-refractivity contribution is 5.66. The zero-order chi connectivity index (χ0) is 15.7. The number of nitrogens with zero attached hydrogens (tertiary/aromatic N) is 2. The third-order valence-corrected chi connectivity index (χ3v) is 4.88. The quantitative estimate of drug-likeness (QED) is 0.811. The van der Waals surface area contributed by atoms with Crippen LogP contribution in [0, 0.1) is 5.92 Å². The summed E-state index contributed by atoms with van der Waals surface area (Å²) in [6.45, 7) is 7.46. The van der Waals surface area contributed by atoms with Crippen molar-refractivity contribution < 1.29 is 4.74 Å². The van der Waals surface area contributed by atoms with E-state index in [4.69, 9.17) is 9.84 Å². The van der Waals surface area contributed by atoms with Crippen LogP contribution in [0.4, 0.5) is 0 Å². The molecule has 3 nitrogen and oxygen atoms in total. The number of methoxy groups -OCH3 is 1. The van der Waals surface area contributed by atoms with Gasteiger partial charge in [0.2, 0.25) is 0 Å². The molecule has 1 aromatic carbocycles. The second kappa shape index (κ2) is 6.25. The number of hydrogen-bond acceptors (Lipinski definition) is 2. The first-order chi connectivity index (χ1) is 10.6. The molecule has 1 aliphatic carbocycles. The largest absolute Gasteiger partial charge is 0.362 e. The first kappa shape index (κ1) is 15.3. The fourth-order valence-corrected chi connectivity index (χ4v) is 3.73. The Kier molecular flexibility index (Phi) is 4.34. The van der Waals surface area contributed by atoms with Crippen LogP contribution in [0.1, 0.15) is 56.7 Å². The molecular weight excluding hydrogens is 272 g/mol. The highest BCUT2D eigenvalue weighted by atomic mass is 16.5. The highest BCUT2D eigenvalue weighted by Crippen LogP contribution is 2.45. The van der Waals surface area contributed by atoms with E-state index in [0.717, 1.165) is 0 Å². The minimum atomic E-state index is 0.509. The molecule has 118 valence electrons. The van der Waals surface area contributed by atoms with E-state index >= 15 is 0 Å². The summed E-state index contributed by atoms with van der Waals surface area (Å²) in [5.41, 5.74) is 5.22. The van der Waals surface area contributed by atoms with Crippen LogP contribution in [0.25, 0.3) is 11.3 Å². The van der Waals surface area contributed by atoms with Crippen molar-refractivity contribution in [3.8, 4) is 11.3 Å². The van der Waals surface area contributed by atoms with Gasteiger partial charge in [0.05, 0.1) is 11.4 Å². The third-order valence-electron chi connectivity index (χ3n) is 4.88. The Labute approximate surface area is 133 Å². The van der Waals surface area contributed by atoms with Gasteiger partial charge in [-0.05, 0) is 24.7 Å². The highest BCUT2D eigenvalue weighted by Gasteiger charge is 2.33. The summed E-state index contributed by atoms with van der Waals surface area (Å²) in [5, 5.41) is 4.96. The molecule has 1 aromatic heterocycles. The van der Waals surface area contributed by atoms with Gasteiger partial charge >= 0.3 is 0 Å². The summed E-state index contributed by atoms with van der Waals surface area (Å²) in [5.74, 6) is 1.75. The Morgan fingerprint density at radius 1 is 1.23 bits per heavy atom. The molecule has 0 amide bonds. The van der Waals surface area contributed by atoms with Crippen LogP contribution in [-0.4, -0.2) is 16.9 Å². The van der Waals surface area contributed by atoms with Crippen LogP contribution in [0.15, 0.2) is 30.3 Å². The summed E-state index contributed by atoms with van der Waals surface area (Å²) in [7, 11) is 1.73. The second-order valence-corrected chi connectivity index (χ2v) is 6.76. The lowest BCUT2D eigenvalue weighted by Crippen LogP contribution is -2.16. The van der Waals surface area contributed by atoms with Gasteiger partial charge in [0.1, 0.15) is 6.73 Å². The Morgan fingerprint density at radius 2 is 1.95 bits per heavy atom. The molecule has 0 aliphatic heterocycles. The molecule has 22 heavy (non-hydrogen) atoms. The lowest BCUT2D eigenvalue weighted by molar-refractivity contribution is 0.121. The van der Waals surface area contributed by atoms with Gasteiger partial charge < -0.3 is 4.74 Å². The average molecular weight is 298 g/mol. The van der Waals surface area contributed by atoms with Crippen molar-refractivity contribution in [3.63, 3.8) is 0 Å². The molecule has 1 aliphatic rings. The van der Waals surface area contributed by atoms with Crippen molar-refractivity contribution >= 4 is 0 Å². The van der Waals surface area contributed by atoms with Crippen LogP contribution in [0.5, 0.6) is 0 Å². The summed E-state index contributed by atoms with van der Waals surface area (Å²) in [6.07, 6.45) is 2.48. The molecule has 0 saturated carbocycles. The van der Waals surface area contributed by atoms with E-state index < -0.39 is 0 Å². The number of hydrogen-bond donors (Lipinski definition) is 0. The van der Waals surface area contributed by atoms with Crippen LogP contribution < -0.4 is 0 Å². The fourth-order valence-electron chi connectivity index (χ4n) is 3.73. The number of aromatic nitrogens is 2. The molecule has 3 heteroatoms. The van der Waals surface area contributed by atoms with Crippen LogP contribution in [-0.2, 0) is 11.5 Å². The fraction of sp³-hybridized carbons (Fsp3) is 0.526. The lowest BCUT2D eigenvalue weighted by atomic mass is 9.75. The van der Waals surface area contributed by atoms with Gasteiger partial charge in [0.25, 0.3) is 0 Å². The van der Waals surface area contributed by atoms with E-state index in [1.165, 1.54) is 35.4 Å². The molecule has 1 heterocycles. The zero-order valence-electron chi connectivity index (χ0n) is 14.0. The van der Waals surface area contributed by atoms with Crippen molar-refractivity contribution in [1.82, 2.24) is 9.78 Å². The minimum absolute atomic E-state index is 0.509. The molecule has 0 radical (unpaired) electrons. The maximum Gasteiger partial charge on any atom is 0.139 e. The molecule has 0 N–H and O–H groups in total. The third kappa shape index (κ3) is 2.58. The molecule has 2 aromatic rings. The predicted molar refractivity (Wildman–Crippen MR) is 89.9 cm³/mol. The second-order valence-electron chi connectivity index (χ2n) is 6.76. The van der Waals surface area contributed by atoms with Gasteiger partial charge in [-0.2, -0.15) is 5.10 Å². The minimum Gasteiger partial charge on any atom is -0.362 e. The van der Waals surface area contributed by atoms with E-state index in [1.54, 1.807) is 7.11 Å².